The molecule has 1 unspecified atom stereocenters. The molecule has 198 valence electrons. The van der Waals surface area contributed by atoms with Gasteiger partial charge in [-0.25, -0.2) is 0 Å². The van der Waals surface area contributed by atoms with E-state index < -0.39 is 0 Å². The predicted molar refractivity (Wildman–Crippen MR) is 157 cm³/mol. The minimum absolute atomic E-state index is 0.334. The van der Waals surface area contributed by atoms with Gasteiger partial charge in [-0.15, -0.1) is 0 Å². The number of nitrogens with one attached hydrogen (secondary N) is 2. The summed E-state index contributed by atoms with van der Waals surface area (Å²) < 4.78 is 6.17. The van der Waals surface area contributed by atoms with Crippen LogP contribution in [0, 0.1) is 0 Å². The number of aromatic nitrogens is 3. The molecule has 0 radical (unpaired) electrons. The van der Waals surface area contributed by atoms with E-state index in [0.717, 1.165) is 47.4 Å². The van der Waals surface area contributed by atoms with Crippen LogP contribution in [0.15, 0.2) is 54.9 Å². The Balaban J connectivity index is 1.19. The van der Waals surface area contributed by atoms with Crippen LogP contribution in [-0.4, -0.2) is 46.3 Å². The third-order valence-corrected chi connectivity index (χ3v) is 7.57. The fourth-order valence-corrected chi connectivity index (χ4v) is 5.53. The first kappa shape index (κ1) is 26.7. The quantitative estimate of drug-likeness (QED) is 0.205. The van der Waals surface area contributed by atoms with Crippen molar-refractivity contribution in [1.29, 1.82) is 0 Å². The molecule has 38 heavy (non-hydrogen) atoms. The van der Waals surface area contributed by atoms with Crippen molar-refractivity contribution in [2.75, 3.05) is 26.2 Å². The van der Waals surface area contributed by atoms with Gasteiger partial charge in [-0.3, -0.25) is 10.1 Å². The van der Waals surface area contributed by atoms with E-state index in [9.17, 15) is 0 Å². The zero-order valence-electron chi connectivity index (χ0n) is 21.6. The van der Waals surface area contributed by atoms with E-state index in [-0.39, 0.29) is 6.10 Å². The maximum absolute atomic E-state index is 6.31. The maximum atomic E-state index is 6.31. The van der Waals surface area contributed by atoms with Crippen LogP contribution in [0.1, 0.15) is 54.7 Å². The highest BCUT2D eigenvalue weighted by molar-refractivity contribution is 6.35. The number of rotatable bonds is 10. The van der Waals surface area contributed by atoms with E-state index in [1.54, 1.807) is 12.4 Å². The third-order valence-electron chi connectivity index (χ3n) is 6.97. The van der Waals surface area contributed by atoms with Gasteiger partial charge in [-0.1, -0.05) is 60.0 Å². The Labute approximate surface area is 234 Å². The Morgan fingerprint density at radius 1 is 1.03 bits per heavy atom. The van der Waals surface area contributed by atoms with Crippen molar-refractivity contribution in [3.63, 3.8) is 0 Å². The van der Waals surface area contributed by atoms with Crippen molar-refractivity contribution in [2.24, 2.45) is 0 Å². The SMILES string of the molecule is CC(Oc1ccc2[nH]nc(/C=C/c3ccc(CNCCN4CCCCC4)cc3)c2c1)c1c(Cl)cncc1Cl. The first-order chi connectivity index (χ1) is 18.6. The number of fused-ring (bicyclic) bond motifs is 1. The Bertz CT molecular complexity index is 1360. The molecule has 6 nitrogen and oxygen atoms in total. The van der Waals surface area contributed by atoms with Gasteiger partial charge >= 0.3 is 0 Å². The highest BCUT2D eigenvalue weighted by Crippen LogP contribution is 2.33. The van der Waals surface area contributed by atoms with Gasteiger partial charge < -0.3 is 15.0 Å². The maximum Gasteiger partial charge on any atom is 0.124 e. The molecule has 8 heteroatoms. The van der Waals surface area contributed by atoms with Gasteiger partial charge in [0, 0.05) is 43.0 Å². The van der Waals surface area contributed by atoms with Gasteiger partial charge in [0.05, 0.1) is 21.3 Å². The van der Waals surface area contributed by atoms with Gasteiger partial charge in [0.15, 0.2) is 0 Å². The highest BCUT2D eigenvalue weighted by atomic mass is 35.5. The monoisotopic (exact) mass is 549 g/mol. The number of ether oxygens (including phenoxy) is 1. The summed E-state index contributed by atoms with van der Waals surface area (Å²) in [5.41, 5.74) is 4.92. The summed E-state index contributed by atoms with van der Waals surface area (Å²) in [7, 11) is 0. The number of aromatic amines is 1. The number of H-pyrrole nitrogens is 1. The first-order valence-corrected chi connectivity index (χ1v) is 14.0. The predicted octanol–water partition coefficient (Wildman–Crippen LogP) is 7.15. The van der Waals surface area contributed by atoms with E-state index in [1.807, 2.05) is 31.2 Å². The number of hydrogen-bond acceptors (Lipinski definition) is 5. The number of likely N-dealkylation sites (tertiary alicyclic amines) is 1. The summed E-state index contributed by atoms with van der Waals surface area (Å²) in [6.45, 7) is 7.46. The lowest BCUT2D eigenvalue weighted by molar-refractivity contribution is 0.227. The second-order valence-electron chi connectivity index (χ2n) is 9.75. The van der Waals surface area contributed by atoms with Crippen LogP contribution in [0.5, 0.6) is 5.75 Å². The van der Waals surface area contributed by atoms with Gasteiger partial charge in [0.25, 0.3) is 0 Å². The van der Waals surface area contributed by atoms with E-state index >= 15 is 0 Å². The fourth-order valence-electron chi connectivity index (χ4n) is 4.86. The normalized spacial score (nSPS) is 15.3. The van der Waals surface area contributed by atoms with Gasteiger partial charge in [0.1, 0.15) is 11.9 Å². The molecule has 1 aliphatic rings. The number of hydrogen-bond donors (Lipinski definition) is 2. The Hall–Kier alpha value is -2.90. The van der Waals surface area contributed by atoms with Crippen molar-refractivity contribution >= 4 is 46.3 Å². The van der Waals surface area contributed by atoms with Crippen LogP contribution in [0.4, 0.5) is 0 Å². The highest BCUT2D eigenvalue weighted by Gasteiger charge is 2.16. The van der Waals surface area contributed by atoms with Crippen LogP contribution in [-0.2, 0) is 6.54 Å². The summed E-state index contributed by atoms with van der Waals surface area (Å²) in [5.74, 6) is 0.710. The molecule has 2 N–H and O–H groups in total. The smallest absolute Gasteiger partial charge is 0.124 e. The number of pyridine rings is 1. The molecular weight excluding hydrogens is 517 g/mol. The average Bonchev–Trinajstić information content (AvgIpc) is 3.33. The van der Waals surface area contributed by atoms with Crippen molar-refractivity contribution in [2.45, 2.75) is 38.8 Å². The van der Waals surface area contributed by atoms with Gasteiger partial charge in [-0.2, -0.15) is 5.10 Å². The number of benzene rings is 2. The Morgan fingerprint density at radius 2 is 1.79 bits per heavy atom. The van der Waals surface area contributed by atoms with Crippen molar-refractivity contribution in [3.8, 4) is 5.75 Å². The van der Waals surface area contributed by atoms with Crippen molar-refractivity contribution in [3.05, 3.63) is 87.3 Å². The van der Waals surface area contributed by atoms with Crippen LogP contribution >= 0.6 is 23.2 Å². The molecule has 3 heterocycles. The lowest BCUT2D eigenvalue weighted by Gasteiger charge is -2.26. The standard InChI is InChI=1S/C30H33Cl2N5O/c1-21(30-26(31)19-34-20-27(30)32)38-24-10-12-29-25(17-24)28(35-36-29)11-9-22-5-7-23(8-6-22)18-33-13-16-37-14-3-2-4-15-37/h5-12,17,19-21,33H,2-4,13-16,18H2,1H3,(H,35,36)/b11-9+. The Morgan fingerprint density at radius 3 is 2.55 bits per heavy atom. The van der Waals surface area contributed by atoms with Crippen LogP contribution in [0.3, 0.4) is 0 Å². The minimum atomic E-state index is -0.334. The van der Waals surface area contributed by atoms with Crippen molar-refractivity contribution < 1.29 is 4.74 Å². The largest absolute Gasteiger partial charge is 0.486 e. The molecule has 2 aromatic carbocycles. The molecule has 1 aliphatic heterocycles. The molecule has 1 saturated heterocycles. The molecule has 0 aliphatic carbocycles. The molecule has 1 fully saturated rings. The number of halogens is 2. The molecule has 4 aromatic rings. The molecule has 0 amide bonds. The minimum Gasteiger partial charge on any atom is -0.486 e. The zero-order chi connectivity index (χ0) is 26.3. The molecular formula is C30H33Cl2N5O. The molecule has 0 bridgehead atoms. The summed E-state index contributed by atoms with van der Waals surface area (Å²) in [6, 6.07) is 14.5. The van der Waals surface area contributed by atoms with E-state index in [4.69, 9.17) is 27.9 Å². The van der Waals surface area contributed by atoms with E-state index in [1.165, 1.54) is 37.9 Å². The molecule has 0 spiro atoms. The van der Waals surface area contributed by atoms with Crippen molar-refractivity contribution in [1.82, 2.24) is 25.4 Å². The first-order valence-electron chi connectivity index (χ1n) is 13.2. The lowest BCUT2D eigenvalue weighted by atomic mass is 10.1. The fraction of sp³-hybridized carbons (Fsp3) is 0.333. The molecule has 5 rings (SSSR count). The summed E-state index contributed by atoms with van der Waals surface area (Å²) in [4.78, 5) is 6.58. The molecule has 0 saturated carbocycles. The third kappa shape index (κ3) is 6.75. The average molecular weight is 551 g/mol. The lowest BCUT2D eigenvalue weighted by Crippen LogP contribution is -2.35. The number of piperidine rings is 1. The number of nitrogens with zero attached hydrogens (tertiary/aromatic N) is 3. The Kier molecular flexibility index (Phi) is 8.97. The topological polar surface area (TPSA) is 66.1 Å². The van der Waals surface area contributed by atoms with Crippen LogP contribution in [0.25, 0.3) is 23.1 Å². The van der Waals surface area contributed by atoms with E-state index in [2.05, 4.69) is 55.7 Å². The molecule has 2 aromatic heterocycles. The van der Waals surface area contributed by atoms with Crippen LogP contribution in [0.2, 0.25) is 10.0 Å². The summed E-state index contributed by atoms with van der Waals surface area (Å²) in [6.07, 6.45) is 11.0. The van der Waals surface area contributed by atoms with Gasteiger partial charge in [0.2, 0.25) is 0 Å². The summed E-state index contributed by atoms with van der Waals surface area (Å²) in [5, 5.41) is 13.1. The van der Waals surface area contributed by atoms with Crippen LogP contribution < -0.4 is 10.1 Å². The second kappa shape index (κ2) is 12.8. The molecule has 1 atom stereocenters. The zero-order valence-corrected chi connectivity index (χ0v) is 23.1. The van der Waals surface area contributed by atoms with Gasteiger partial charge in [-0.05, 0) is 68.3 Å². The second-order valence-corrected chi connectivity index (χ2v) is 10.6. The van der Waals surface area contributed by atoms with E-state index in [0.29, 0.717) is 15.8 Å². The summed E-state index contributed by atoms with van der Waals surface area (Å²) >= 11 is 12.6.